The lowest BCUT2D eigenvalue weighted by Crippen LogP contribution is -2.64. The minimum atomic E-state index is -0.307. The summed E-state index contributed by atoms with van der Waals surface area (Å²) in [5.74, 6) is 1.85. The van der Waals surface area contributed by atoms with Gasteiger partial charge in [0.2, 0.25) is 0 Å². The normalized spacial score (nSPS) is 52.8. The van der Waals surface area contributed by atoms with Crippen LogP contribution in [0.1, 0.15) is 40.5 Å². The lowest BCUT2D eigenvalue weighted by molar-refractivity contribution is -0.386. The van der Waals surface area contributed by atoms with E-state index in [0.29, 0.717) is 17.3 Å². The van der Waals surface area contributed by atoms with Gasteiger partial charge < -0.3 is 0 Å². The molecule has 1 N–H and O–H groups in total. The van der Waals surface area contributed by atoms with Crippen LogP contribution in [-0.4, -0.2) is 10.9 Å². The Morgan fingerprint density at radius 1 is 1.23 bits per heavy atom. The fraction of sp³-hybridized carbons (Fsp3) is 1.00. The first-order valence-electron chi connectivity index (χ1n) is 5.25. The molecule has 0 aromatic carbocycles. The SMILES string of the molecule is CC1CC2CC(C2(C)C)[C@]1(C)OO. The van der Waals surface area contributed by atoms with Crippen LogP contribution in [0.5, 0.6) is 0 Å². The molecule has 0 saturated heterocycles. The summed E-state index contributed by atoms with van der Waals surface area (Å²) >= 11 is 0. The topological polar surface area (TPSA) is 29.5 Å². The van der Waals surface area contributed by atoms with Crippen LogP contribution in [0.3, 0.4) is 0 Å². The van der Waals surface area contributed by atoms with Crippen LogP contribution in [-0.2, 0) is 4.89 Å². The van der Waals surface area contributed by atoms with E-state index in [1.807, 2.05) is 0 Å². The second-order valence-corrected chi connectivity index (χ2v) is 5.72. The highest BCUT2D eigenvalue weighted by Gasteiger charge is 2.63. The highest BCUT2D eigenvalue weighted by atomic mass is 17.1. The predicted octanol–water partition coefficient (Wildman–Crippen LogP) is 2.94. The molecule has 76 valence electrons. The van der Waals surface area contributed by atoms with Gasteiger partial charge in [-0.2, -0.15) is 0 Å². The third-order valence-corrected chi connectivity index (χ3v) is 4.98. The molecule has 2 nitrogen and oxygen atoms in total. The van der Waals surface area contributed by atoms with Crippen molar-refractivity contribution >= 4 is 0 Å². The molecule has 0 spiro atoms. The Hall–Kier alpha value is -0.0800. The minimum absolute atomic E-state index is 0.307. The number of fused-ring (bicyclic) bond motifs is 2. The quantitative estimate of drug-likeness (QED) is 0.501. The molecule has 0 aromatic rings. The second kappa shape index (κ2) is 2.48. The maximum absolute atomic E-state index is 9.05. The Kier molecular flexibility index (Phi) is 1.81. The summed E-state index contributed by atoms with van der Waals surface area (Å²) in [7, 11) is 0. The second-order valence-electron chi connectivity index (χ2n) is 5.72. The maximum Gasteiger partial charge on any atom is 0.106 e. The standard InChI is InChI=1S/C11H20O2/c1-7-5-8-6-9(10(8,2)3)11(7,4)13-12/h7-9,12H,5-6H2,1-4H3/t7?,8?,9?,11-/m1/s1. The molecule has 2 heteroatoms. The Morgan fingerprint density at radius 2 is 1.85 bits per heavy atom. The summed E-state index contributed by atoms with van der Waals surface area (Å²) in [6.07, 6.45) is 2.43. The number of rotatable bonds is 1. The zero-order valence-corrected chi connectivity index (χ0v) is 9.00. The van der Waals surface area contributed by atoms with Crippen molar-refractivity contribution in [1.29, 1.82) is 0 Å². The summed E-state index contributed by atoms with van der Waals surface area (Å²) in [5, 5.41) is 9.05. The molecule has 4 atom stereocenters. The van der Waals surface area contributed by atoms with Gasteiger partial charge in [-0.25, -0.2) is 4.89 Å². The van der Waals surface area contributed by atoms with Crippen molar-refractivity contribution in [2.75, 3.05) is 0 Å². The molecular weight excluding hydrogens is 164 g/mol. The Labute approximate surface area is 80.2 Å². The summed E-state index contributed by atoms with van der Waals surface area (Å²) in [6.45, 7) is 8.84. The van der Waals surface area contributed by atoms with Crippen molar-refractivity contribution in [3.8, 4) is 0 Å². The van der Waals surface area contributed by atoms with Crippen LogP contribution in [0.4, 0.5) is 0 Å². The average Bonchev–Trinajstić information content (AvgIpc) is 2.08. The monoisotopic (exact) mass is 184 g/mol. The molecule has 0 radical (unpaired) electrons. The fourth-order valence-corrected chi connectivity index (χ4v) is 3.55. The van der Waals surface area contributed by atoms with E-state index in [2.05, 4.69) is 27.7 Å². The van der Waals surface area contributed by atoms with Gasteiger partial charge in [0.1, 0.15) is 5.60 Å². The van der Waals surface area contributed by atoms with Crippen LogP contribution in [0.25, 0.3) is 0 Å². The van der Waals surface area contributed by atoms with Gasteiger partial charge >= 0.3 is 0 Å². The third-order valence-electron chi connectivity index (χ3n) is 4.98. The van der Waals surface area contributed by atoms with Gasteiger partial charge in [-0.3, -0.25) is 5.26 Å². The average molecular weight is 184 g/mol. The molecule has 3 fully saturated rings. The van der Waals surface area contributed by atoms with Crippen LogP contribution >= 0.6 is 0 Å². The lowest BCUT2D eigenvalue weighted by atomic mass is 9.42. The first-order valence-corrected chi connectivity index (χ1v) is 5.25. The van der Waals surface area contributed by atoms with Gasteiger partial charge in [-0.15, -0.1) is 0 Å². The molecule has 3 aliphatic carbocycles. The van der Waals surface area contributed by atoms with E-state index in [1.54, 1.807) is 0 Å². The van der Waals surface area contributed by atoms with Crippen molar-refractivity contribution in [2.45, 2.75) is 46.1 Å². The molecule has 0 aliphatic heterocycles. The van der Waals surface area contributed by atoms with Crippen LogP contribution in [0, 0.1) is 23.2 Å². The van der Waals surface area contributed by atoms with E-state index in [9.17, 15) is 0 Å². The molecule has 3 saturated carbocycles. The van der Waals surface area contributed by atoms with E-state index >= 15 is 0 Å². The first-order chi connectivity index (χ1) is 5.93. The zero-order chi connectivity index (χ0) is 9.85. The van der Waals surface area contributed by atoms with Gasteiger partial charge in [-0.1, -0.05) is 20.8 Å². The van der Waals surface area contributed by atoms with E-state index in [0.717, 1.165) is 5.92 Å². The molecule has 0 amide bonds. The summed E-state index contributed by atoms with van der Waals surface area (Å²) < 4.78 is 0. The van der Waals surface area contributed by atoms with E-state index in [4.69, 9.17) is 10.1 Å². The van der Waals surface area contributed by atoms with Crippen molar-refractivity contribution in [3.05, 3.63) is 0 Å². The van der Waals surface area contributed by atoms with Gasteiger partial charge in [0.25, 0.3) is 0 Å². The summed E-state index contributed by atoms with van der Waals surface area (Å²) in [6, 6.07) is 0. The van der Waals surface area contributed by atoms with Gasteiger partial charge in [0.15, 0.2) is 0 Å². The number of hydrogen-bond acceptors (Lipinski definition) is 2. The van der Waals surface area contributed by atoms with Crippen molar-refractivity contribution in [2.24, 2.45) is 23.2 Å². The molecule has 0 heterocycles. The van der Waals surface area contributed by atoms with Crippen molar-refractivity contribution in [3.63, 3.8) is 0 Å². The largest absolute Gasteiger partial charge is 0.251 e. The van der Waals surface area contributed by atoms with E-state index < -0.39 is 0 Å². The molecule has 0 aromatic heterocycles. The van der Waals surface area contributed by atoms with Crippen molar-refractivity contribution < 1.29 is 10.1 Å². The van der Waals surface area contributed by atoms with Crippen LogP contribution in [0.2, 0.25) is 0 Å². The molecular formula is C11H20O2. The minimum Gasteiger partial charge on any atom is -0.251 e. The molecule has 3 aliphatic rings. The van der Waals surface area contributed by atoms with Gasteiger partial charge in [-0.05, 0) is 42.9 Å². The molecule has 3 rings (SSSR count). The highest BCUT2D eigenvalue weighted by molar-refractivity contribution is 5.11. The Morgan fingerprint density at radius 3 is 2.23 bits per heavy atom. The summed E-state index contributed by atoms with van der Waals surface area (Å²) in [4.78, 5) is 4.78. The van der Waals surface area contributed by atoms with E-state index in [-0.39, 0.29) is 5.60 Å². The van der Waals surface area contributed by atoms with Gasteiger partial charge in [0.05, 0.1) is 0 Å². The molecule has 3 unspecified atom stereocenters. The fourth-order valence-electron chi connectivity index (χ4n) is 3.55. The Bertz CT molecular complexity index is 224. The first kappa shape index (κ1) is 9.47. The third kappa shape index (κ3) is 0.962. The zero-order valence-electron chi connectivity index (χ0n) is 9.00. The van der Waals surface area contributed by atoms with Gasteiger partial charge in [0, 0.05) is 0 Å². The Balaban J connectivity index is 2.27. The molecule has 2 bridgehead atoms. The summed E-state index contributed by atoms with van der Waals surface area (Å²) in [5.41, 5.74) is 0.0578. The van der Waals surface area contributed by atoms with E-state index in [1.165, 1.54) is 12.8 Å². The number of hydrogen-bond donors (Lipinski definition) is 1. The van der Waals surface area contributed by atoms with Crippen LogP contribution < -0.4 is 0 Å². The highest BCUT2D eigenvalue weighted by Crippen LogP contribution is 2.65. The van der Waals surface area contributed by atoms with Crippen LogP contribution in [0.15, 0.2) is 0 Å². The maximum atomic E-state index is 9.05. The molecule has 13 heavy (non-hydrogen) atoms. The smallest absolute Gasteiger partial charge is 0.106 e. The predicted molar refractivity (Wildman–Crippen MR) is 51.3 cm³/mol. The lowest BCUT2D eigenvalue weighted by Gasteiger charge is -2.65. The van der Waals surface area contributed by atoms with Crippen molar-refractivity contribution in [1.82, 2.24) is 0 Å².